The molecule has 3 aromatic carbocycles. The normalized spacial score (nSPS) is 13.9. The first-order chi connectivity index (χ1) is 19.0. The van der Waals surface area contributed by atoms with Gasteiger partial charge in [-0.3, -0.25) is 14.5 Å². The maximum Gasteiger partial charge on any atom is 0.255 e. The molecule has 2 N–H and O–H groups in total. The lowest BCUT2D eigenvalue weighted by atomic mass is 10.0. The highest BCUT2D eigenvalue weighted by molar-refractivity contribution is 6.05. The third-order valence-corrected chi connectivity index (χ3v) is 7.24. The Hall–Kier alpha value is -4.30. The maximum absolute atomic E-state index is 13.1. The monoisotopic (exact) mass is 527 g/mol. The average molecular weight is 528 g/mol. The lowest BCUT2D eigenvalue weighted by Gasteiger charge is -2.36. The van der Waals surface area contributed by atoms with E-state index in [0.717, 1.165) is 56.1 Å². The first-order valence-corrected chi connectivity index (χ1v) is 13.2. The molecule has 1 fully saturated rings. The predicted molar refractivity (Wildman–Crippen MR) is 153 cm³/mol. The van der Waals surface area contributed by atoms with Crippen LogP contribution in [0.4, 0.5) is 5.69 Å². The quantitative estimate of drug-likeness (QED) is 0.328. The largest absolute Gasteiger partial charge is 0.508 e. The number of ether oxygens (including phenoxy) is 1. The number of nitrogens with zero attached hydrogens (tertiary/aromatic N) is 2. The van der Waals surface area contributed by atoms with Crippen LogP contribution in [0.1, 0.15) is 22.3 Å². The molecule has 5 rings (SSSR count). The number of rotatable bonds is 8. The van der Waals surface area contributed by atoms with Gasteiger partial charge in [0.15, 0.2) is 11.0 Å². The number of anilines is 1. The topological polar surface area (TPSA) is 95.3 Å². The lowest BCUT2D eigenvalue weighted by Crippen LogP contribution is -2.47. The first-order valence-electron chi connectivity index (χ1n) is 13.2. The summed E-state index contributed by atoms with van der Waals surface area (Å²) in [6.45, 7) is 6.52. The van der Waals surface area contributed by atoms with Gasteiger partial charge in [0.25, 0.3) is 5.91 Å². The van der Waals surface area contributed by atoms with Crippen LogP contribution in [0, 0.1) is 6.92 Å². The molecule has 1 aliphatic heterocycles. The molecule has 2 heterocycles. The molecule has 0 unspecified atom stereocenters. The highest BCUT2D eigenvalue weighted by atomic mass is 16.5. The Balaban J connectivity index is 1.19. The second-order valence-corrected chi connectivity index (χ2v) is 9.73. The fourth-order valence-electron chi connectivity index (χ4n) is 5.09. The van der Waals surface area contributed by atoms with Gasteiger partial charge in [-0.2, -0.15) is 0 Å². The number of carbonyl (C=O) groups is 1. The molecule has 39 heavy (non-hydrogen) atoms. The summed E-state index contributed by atoms with van der Waals surface area (Å²) in [6.07, 6.45) is 0.796. The molecular formula is C31H33N3O5. The third kappa shape index (κ3) is 5.61. The molecule has 0 atom stereocenters. The van der Waals surface area contributed by atoms with Crippen molar-refractivity contribution in [2.24, 2.45) is 0 Å². The molecule has 1 aromatic heterocycles. The number of phenolic OH excluding ortho intramolecular Hbond substituents is 1. The zero-order chi connectivity index (χ0) is 27.4. The zero-order valence-electron chi connectivity index (χ0n) is 22.3. The molecule has 8 nitrogen and oxygen atoms in total. The van der Waals surface area contributed by atoms with Crippen molar-refractivity contribution in [1.29, 1.82) is 0 Å². The van der Waals surface area contributed by atoms with Crippen LogP contribution >= 0.6 is 0 Å². The van der Waals surface area contributed by atoms with Gasteiger partial charge < -0.3 is 24.5 Å². The van der Waals surface area contributed by atoms with E-state index in [2.05, 4.69) is 15.1 Å². The molecule has 0 radical (unpaired) electrons. The van der Waals surface area contributed by atoms with E-state index in [1.54, 1.807) is 50.4 Å². The second kappa shape index (κ2) is 11.6. The van der Waals surface area contributed by atoms with Crippen LogP contribution in [0.25, 0.3) is 22.3 Å². The van der Waals surface area contributed by atoms with E-state index in [0.29, 0.717) is 34.4 Å². The van der Waals surface area contributed by atoms with Crippen molar-refractivity contribution in [3.05, 3.63) is 88.1 Å². The van der Waals surface area contributed by atoms with E-state index in [9.17, 15) is 14.7 Å². The highest BCUT2D eigenvalue weighted by Crippen LogP contribution is 2.32. The third-order valence-electron chi connectivity index (χ3n) is 7.24. The fourth-order valence-corrected chi connectivity index (χ4v) is 5.09. The molecule has 1 amide bonds. The predicted octanol–water partition coefficient (Wildman–Crippen LogP) is 4.42. The molecule has 1 aliphatic rings. The van der Waals surface area contributed by atoms with Gasteiger partial charge in [-0.15, -0.1) is 0 Å². The first kappa shape index (κ1) is 26.3. The Bertz CT molecular complexity index is 1530. The van der Waals surface area contributed by atoms with Crippen molar-refractivity contribution in [2.45, 2.75) is 13.3 Å². The molecular weight excluding hydrogens is 494 g/mol. The summed E-state index contributed by atoms with van der Waals surface area (Å²) in [5, 5.41) is 13.3. The number of amides is 1. The van der Waals surface area contributed by atoms with Crippen molar-refractivity contribution in [3.63, 3.8) is 0 Å². The SMILES string of the molecule is COc1ccc(O)cc1N1CCN(CCCNC(=O)c2cccc3c(=O)c(C)c(-c4ccccc4)oc23)CC1. The number of phenols is 1. The number of para-hydroxylation sites is 1. The number of benzene rings is 3. The molecule has 0 bridgehead atoms. The van der Waals surface area contributed by atoms with Gasteiger partial charge in [0.2, 0.25) is 0 Å². The number of aromatic hydroxyl groups is 1. The summed E-state index contributed by atoms with van der Waals surface area (Å²) >= 11 is 0. The summed E-state index contributed by atoms with van der Waals surface area (Å²) in [6, 6.07) is 19.7. The minimum absolute atomic E-state index is 0.132. The average Bonchev–Trinajstić information content (AvgIpc) is 2.97. The van der Waals surface area contributed by atoms with E-state index in [4.69, 9.17) is 9.15 Å². The number of hydrogen-bond acceptors (Lipinski definition) is 7. The van der Waals surface area contributed by atoms with E-state index in [1.807, 2.05) is 30.3 Å². The van der Waals surface area contributed by atoms with Gasteiger partial charge in [0.1, 0.15) is 17.3 Å². The number of hydrogen-bond donors (Lipinski definition) is 2. The zero-order valence-corrected chi connectivity index (χ0v) is 22.3. The number of carbonyl (C=O) groups excluding carboxylic acids is 1. The van der Waals surface area contributed by atoms with Gasteiger partial charge in [-0.1, -0.05) is 36.4 Å². The molecule has 4 aromatic rings. The van der Waals surface area contributed by atoms with Gasteiger partial charge in [0.05, 0.1) is 23.7 Å². The van der Waals surface area contributed by atoms with Crippen LogP contribution in [0.2, 0.25) is 0 Å². The Labute approximate surface area is 227 Å². The Morgan fingerprint density at radius 2 is 1.79 bits per heavy atom. The molecule has 8 heteroatoms. The number of fused-ring (bicyclic) bond motifs is 1. The fraction of sp³-hybridized carbons (Fsp3) is 0.290. The van der Waals surface area contributed by atoms with Crippen molar-refractivity contribution >= 4 is 22.6 Å². The molecule has 1 saturated heterocycles. The van der Waals surface area contributed by atoms with Gasteiger partial charge >= 0.3 is 0 Å². The smallest absolute Gasteiger partial charge is 0.255 e. The van der Waals surface area contributed by atoms with Gasteiger partial charge in [-0.05, 0) is 44.2 Å². The lowest BCUT2D eigenvalue weighted by molar-refractivity contribution is 0.0952. The van der Waals surface area contributed by atoms with Crippen LogP contribution < -0.4 is 20.4 Å². The second-order valence-electron chi connectivity index (χ2n) is 9.73. The standard InChI is InChI=1S/C31H33N3O5/c1-21-28(36)24-10-6-11-25(30(24)39-29(21)22-8-4-3-5-9-22)31(37)32-14-7-15-33-16-18-34(19-17-33)26-20-23(35)12-13-27(26)38-2/h3-6,8-13,20,35H,7,14-19H2,1-2H3,(H,32,37). The van der Waals surface area contributed by atoms with E-state index in [1.165, 1.54) is 0 Å². The van der Waals surface area contributed by atoms with Crippen molar-refractivity contribution in [3.8, 4) is 22.8 Å². The summed E-state index contributed by atoms with van der Waals surface area (Å²) in [7, 11) is 1.63. The van der Waals surface area contributed by atoms with Gasteiger partial charge in [-0.25, -0.2) is 0 Å². The van der Waals surface area contributed by atoms with Crippen LogP contribution in [0.5, 0.6) is 11.5 Å². The maximum atomic E-state index is 13.1. The van der Waals surface area contributed by atoms with E-state index in [-0.39, 0.29) is 17.1 Å². The Morgan fingerprint density at radius 3 is 2.54 bits per heavy atom. The molecule has 0 aliphatic carbocycles. The van der Waals surface area contributed by atoms with Crippen molar-refractivity contribution in [1.82, 2.24) is 10.2 Å². The summed E-state index contributed by atoms with van der Waals surface area (Å²) in [5.41, 5.74) is 2.75. The number of nitrogens with one attached hydrogen (secondary N) is 1. The van der Waals surface area contributed by atoms with Crippen molar-refractivity contribution < 1.29 is 19.1 Å². The Morgan fingerprint density at radius 1 is 1.03 bits per heavy atom. The number of methoxy groups -OCH3 is 1. The van der Waals surface area contributed by atoms with E-state index < -0.39 is 0 Å². The van der Waals surface area contributed by atoms with Crippen molar-refractivity contribution in [2.75, 3.05) is 51.3 Å². The minimum Gasteiger partial charge on any atom is -0.508 e. The van der Waals surface area contributed by atoms with Crippen LogP contribution in [0.15, 0.2) is 75.9 Å². The number of piperazine rings is 1. The van der Waals surface area contributed by atoms with Crippen LogP contribution in [-0.4, -0.2) is 62.3 Å². The van der Waals surface area contributed by atoms with Gasteiger partial charge in [0, 0.05) is 49.9 Å². The molecule has 202 valence electrons. The van der Waals surface area contributed by atoms with Crippen LogP contribution in [0.3, 0.4) is 0 Å². The summed E-state index contributed by atoms with van der Waals surface area (Å²) in [5.74, 6) is 1.20. The minimum atomic E-state index is -0.257. The molecule has 0 saturated carbocycles. The summed E-state index contributed by atoms with van der Waals surface area (Å²) in [4.78, 5) is 30.8. The van der Waals surface area contributed by atoms with Crippen LogP contribution in [-0.2, 0) is 0 Å². The summed E-state index contributed by atoms with van der Waals surface area (Å²) < 4.78 is 11.6. The van der Waals surface area contributed by atoms with E-state index >= 15 is 0 Å². The Kier molecular flexibility index (Phi) is 7.84. The molecule has 0 spiro atoms. The highest BCUT2D eigenvalue weighted by Gasteiger charge is 2.21.